The Morgan fingerprint density at radius 3 is 2.32 bits per heavy atom. The second-order valence-corrected chi connectivity index (χ2v) is 4.98. The van der Waals surface area contributed by atoms with Gasteiger partial charge in [0, 0.05) is 38.3 Å². The first-order valence-corrected chi connectivity index (χ1v) is 6.40. The number of hydrogen-bond donors (Lipinski definition) is 1. The van der Waals surface area contributed by atoms with Crippen LogP contribution in [0.4, 0.5) is 0 Å². The lowest BCUT2D eigenvalue weighted by molar-refractivity contribution is 0.0736. The summed E-state index contributed by atoms with van der Waals surface area (Å²) in [7, 11) is 4.08. The molecule has 0 radical (unpaired) electrons. The maximum atomic E-state index is 12.2. The number of piperazine rings is 1. The van der Waals surface area contributed by atoms with Crippen LogP contribution in [0.2, 0.25) is 0 Å². The molecule has 0 spiro atoms. The zero-order chi connectivity index (χ0) is 13.0. The van der Waals surface area contributed by atoms with Crippen molar-refractivity contribution in [3.63, 3.8) is 0 Å². The molecule has 1 saturated heterocycles. The number of hydrogen-bond acceptors (Lipinski definition) is 3. The maximum Gasteiger partial charge on any atom is 0.253 e. The number of halogens is 1. The molecule has 1 fully saturated rings. The van der Waals surface area contributed by atoms with Crippen molar-refractivity contribution in [1.29, 1.82) is 0 Å². The average molecular weight is 284 g/mol. The molecule has 1 N–H and O–H groups in total. The molecule has 1 aliphatic heterocycles. The van der Waals surface area contributed by atoms with Gasteiger partial charge in [-0.3, -0.25) is 4.79 Å². The molecule has 106 valence electrons. The van der Waals surface area contributed by atoms with Gasteiger partial charge in [-0.25, -0.2) is 0 Å². The molecule has 0 aromatic heterocycles. The highest BCUT2D eigenvalue weighted by Gasteiger charge is 2.17. The number of rotatable bonds is 3. The van der Waals surface area contributed by atoms with Crippen molar-refractivity contribution in [2.45, 2.75) is 6.54 Å². The van der Waals surface area contributed by atoms with Crippen molar-refractivity contribution < 1.29 is 4.79 Å². The first-order valence-electron chi connectivity index (χ1n) is 6.40. The molecule has 1 aromatic rings. The van der Waals surface area contributed by atoms with E-state index >= 15 is 0 Å². The minimum absolute atomic E-state index is 0. The second kappa shape index (κ2) is 7.48. The van der Waals surface area contributed by atoms with Crippen molar-refractivity contribution in [2.75, 3.05) is 40.3 Å². The first-order chi connectivity index (χ1) is 8.66. The highest BCUT2D eigenvalue weighted by atomic mass is 35.5. The van der Waals surface area contributed by atoms with E-state index in [-0.39, 0.29) is 18.3 Å². The average Bonchev–Trinajstić information content (AvgIpc) is 2.39. The molecule has 0 bridgehead atoms. The summed E-state index contributed by atoms with van der Waals surface area (Å²) in [5.74, 6) is 0.146. The predicted octanol–water partition coefficient (Wildman–Crippen LogP) is 1.22. The fraction of sp³-hybridized carbons (Fsp3) is 0.500. The Balaban J connectivity index is 0.00000180. The monoisotopic (exact) mass is 283 g/mol. The van der Waals surface area contributed by atoms with Crippen LogP contribution in [0.5, 0.6) is 0 Å². The molecule has 0 saturated carbocycles. The van der Waals surface area contributed by atoms with Crippen LogP contribution in [0.3, 0.4) is 0 Å². The van der Waals surface area contributed by atoms with E-state index in [0.717, 1.165) is 38.3 Å². The molecule has 19 heavy (non-hydrogen) atoms. The van der Waals surface area contributed by atoms with Gasteiger partial charge in [0.25, 0.3) is 5.91 Å². The standard InChI is InChI=1S/C14H21N3O.ClH/c1-16(2)11-12-3-5-13(6-4-12)14(18)17-9-7-15-8-10-17;/h3-6,15H,7-11H2,1-2H3;1H. The molecule has 2 rings (SSSR count). The first kappa shape index (κ1) is 16.0. The van der Waals surface area contributed by atoms with Crippen LogP contribution >= 0.6 is 12.4 Å². The van der Waals surface area contributed by atoms with Crippen LogP contribution in [0, 0.1) is 0 Å². The normalized spacial score (nSPS) is 15.2. The van der Waals surface area contributed by atoms with Gasteiger partial charge >= 0.3 is 0 Å². The number of carbonyl (C=O) groups is 1. The van der Waals surface area contributed by atoms with E-state index in [2.05, 4.69) is 10.2 Å². The van der Waals surface area contributed by atoms with Gasteiger partial charge in [-0.05, 0) is 31.8 Å². The Bertz CT molecular complexity index is 400. The van der Waals surface area contributed by atoms with Crippen molar-refractivity contribution >= 4 is 18.3 Å². The summed E-state index contributed by atoms with van der Waals surface area (Å²) in [5.41, 5.74) is 2.02. The summed E-state index contributed by atoms with van der Waals surface area (Å²) < 4.78 is 0. The summed E-state index contributed by atoms with van der Waals surface area (Å²) in [4.78, 5) is 16.3. The lowest BCUT2D eigenvalue weighted by atomic mass is 10.1. The van der Waals surface area contributed by atoms with Gasteiger partial charge in [0.15, 0.2) is 0 Å². The lowest BCUT2D eigenvalue weighted by Crippen LogP contribution is -2.46. The summed E-state index contributed by atoms with van der Waals surface area (Å²) in [5, 5.41) is 3.25. The molecule has 4 nitrogen and oxygen atoms in total. The Morgan fingerprint density at radius 2 is 1.79 bits per heavy atom. The molecule has 0 unspecified atom stereocenters. The molecule has 1 heterocycles. The Labute approximate surface area is 121 Å². The summed E-state index contributed by atoms with van der Waals surface area (Å²) in [6.07, 6.45) is 0. The Kier molecular flexibility index (Phi) is 6.28. The van der Waals surface area contributed by atoms with E-state index in [0.29, 0.717) is 0 Å². The smallest absolute Gasteiger partial charge is 0.253 e. The lowest BCUT2D eigenvalue weighted by Gasteiger charge is -2.27. The van der Waals surface area contributed by atoms with E-state index in [1.54, 1.807) is 0 Å². The molecule has 1 aromatic carbocycles. The Morgan fingerprint density at radius 1 is 1.21 bits per heavy atom. The third kappa shape index (κ3) is 4.49. The number of nitrogens with zero attached hydrogens (tertiary/aromatic N) is 2. The van der Waals surface area contributed by atoms with Gasteiger partial charge in [-0.1, -0.05) is 12.1 Å². The van der Waals surface area contributed by atoms with Crippen LogP contribution in [-0.4, -0.2) is 56.0 Å². The summed E-state index contributed by atoms with van der Waals surface area (Å²) in [6.45, 7) is 4.30. The molecule has 5 heteroatoms. The summed E-state index contributed by atoms with van der Waals surface area (Å²) in [6, 6.07) is 7.94. The largest absolute Gasteiger partial charge is 0.336 e. The third-order valence-corrected chi connectivity index (χ3v) is 3.10. The SMILES string of the molecule is CN(C)Cc1ccc(C(=O)N2CCNCC2)cc1.Cl. The fourth-order valence-corrected chi connectivity index (χ4v) is 2.17. The quantitative estimate of drug-likeness (QED) is 0.906. The van der Waals surface area contributed by atoms with Gasteiger partial charge in [0.2, 0.25) is 0 Å². The summed E-state index contributed by atoms with van der Waals surface area (Å²) >= 11 is 0. The Hall–Kier alpha value is -1.10. The van der Waals surface area contributed by atoms with E-state index in [1.165, 1.54) is 5.56 Å². The van der Waals surface area contributed by atoms with Crippen LogP contribution in [0.1, 0.15) is 15.9 Å². The molecule has 0 atom stereocenters. The van der Waals surface area contributed by atoms with Crippen LogP contribution < -0.4 is 5.32 Å². The van der Waals surface area contributed by atoms with Crippen molar-refractivity contribution in [1.82, 2.24) is 15.1 Å². The second-order valence-electron chi connectivity index (χ2n) is 4.98. The predicted molar refractivity (Wildman–Crippen MR) is 79.9 cm³/mol. The molecular weight excluding hydrogens is 262 g/mol. The van der Waals surface area contributed by atoms with E-state index < -0.39 is 0 Å². The topological polar surface area (TPSA) is 35.6 Å². The molecule has 1 aliphatic rings. The zero-order valence-electron chi connectivity index (χ0n) is 11.6. The fourth-order valence-electron chi connectivity index (χ4n) is 2.17. The molecule has 1 amide bonds. The third-order valence-electron chi connectivity index (χ3n) is 3.10. The zero-order valence-corrected chi connectivity index (χ0v) is 12.4. The van der Waals surface area contributed by atoms with Crippen LogP contribution in [0.25, 0.3) is 0 Å². The van der Waals surface area contributed by atoms with Crippen molar-refractivity contribution in [2.24, 2.45) is 0 Å². The highest BCUT2D eigenvalue weighted by molar-refractivity contribution is 5.94. The van der Waals surface area contributed by atoms with Crippen LogP contribution in [-0.2, 0) is 6.54 Å². The van der Waals surface area contributed by atoms with E-state index in [1.807, 2.05) is 43.3 Å². The van der Waals surface area contributed by atoms with Gasteiger partial charge < -0.3 is 15.1 Å². The number of amides is 1. The van der Waals surface area contributed by atoms with Crippen LogP contribution in [0.15, 0.2) is 24.3 Å². The van der Waals surface area contributed by atoms with Gasteiger partial charge in [-0.2, -0.15) is 0 Å². The number of nitrogens with one attached hydrogen (secondary N) is 1. The van der Waals surface area contributed by atoms with E-state index in [4.69, 9.17) is 0 Å². The number of benzene rings is 1. The van der Waals surface area contributed by atoms with Crippen molar-refractivity contribution in [3.8, 4) is 0 Å². The van der Waals surface area contributed by atoms with Gasteiger partial charge in [0.1, 0.15) is 0 Å². The van der Waals surface area contributed by atoms with Crippen molar-refractivity contribution in [3.05, 3.63) is 35.4 Å². The van der Waals surface area contributed by atoms with E-state index in [9.17, 15) is 4.79 Å². The molecular formula is C14H22ClN3O. The highest BCUT2D eigenvalue weighted by Crippen LogP contribution is 2.09. The maximum absolute atomic E-state index is 12.2. The van der Waals surface area contributed by atoms with Gasteiger partial charge in [-0.15, -0.1) is 12.4 Å². The number of carbonyl (C=O) groups excluding carboxylic acids is 1. The minimum atomic E-state index is 0. The minimum Gasteiger partial charge on any atom is -0.336 e. The molecule has 0 aliphatic carbocycles. The van der Waals surface area contributed by atoms with Gasteiger partial charge in [0.05, 0.1) is 0 Å².